The summed E-state index contributed by atoms with van der Waals surface area (Å²) in [6, 6.07) is 10.5. The number of anilines is 1. The van der Waals surface area contributed by atoms with Gasteiger partial charge in [0.2, 0.25) is 5.91 Å². The number of nitrogens with two attached hydrogens (primary N) is 2. The van der Waals surface area contributed by atoms with E-state index in [-0.39, 0.29) is 11.3 Å². The van der Waals surface area contributed by atoms with Gasteiger partial charge in [-0.1, -0.05) is 12.1 Å². The second-order valence-electron chi connectivity index (χ2n) is 3.65. The molecule has 2 aromatic carbocycles. The predicted molar refractivity (Wildman–Crippen MR) is 65.8 cm³/mol. The van der Waals surface area contributed by atoms with Crippen LogP contribution in [0, 0.1) is 5.82 Å². The average Bonchev–Trinajstić information content (AvgIpc) is 2.34. The smallest absolute Gasteiger partial charge is 0.248 e. The van der Waals surface area contributed by atoms with Crippen LogP contribution >= 0.6 is 0 Å². The molecule has 2 rings (SSSR count). The van der Waals surface area contributed by atoms with E-state index in [1.165, 1.54) is 12.1 Å². The lowest BCUT2D eigenvalue weighted by atomic mass is 10.2. The zero-order chi connectivity index (χ0) is 13.1. The summed E-state index contributed by atoms with van der Waals surface area (Å²) in [7, 11) is 0. The van der Waals surface area contributed by atoms with Gasteiger partial charge in [-0.3, -0.25) is 4.79 Å². The van der Waals surface area contributed by atoms with Crippen molar-refractivity contribution >= 4 is 11.6 Å². The third-order valence-corrected chi connectivity index (χ3v) is 2.36. The largest absolute Gasteiger partial charge is 0.452 e. The number of amides is 1. The summed E-state index contributed by atoms with van der Waals surface area (Å²) in [4.78, 5) is 10.9. The van der Waals surface area contributed by atoms with Crippen molar-refractivity contribution in [1.29, 1.82) is 0 Å². The summed E-state index contributed by atoms with van der Waals surface area (Å²) in [5.74, 6) is -1.03. The highest BCUT2D eigenvalue weighted by atomic mass is 19.1. The van der Waals surface area contributed by atoms with Gasteiger partial charge in [0.1, 0.15) is 5.75 Å². The van der Waals surface area contributed by atoms with Crippen LogP contribution in [0.5, 0.6) is 11.5 Å². The third kappa shape index (κ3) is 2.40. The van der Waals surface area contributed by atoms with Gasteiger partial charge in [0.05, 0.1) is 5.69 Å². The maximum absolute atomic E-state index is 13.7. The molecular formula is C13H11FN2O2. The van der Waals surface area contributed by atoms with Crippen LogP contribution < -0.4 is 16.2 Å². The second-order valence-corrected chi connectivity index (χ2v) is 3.65. The molecule has 0 aliphatic carbocycles. The molecule has 0 fully saturated rings. The fourth-order valence-electron chi connectivity index (χ4n) is 1.43. The van der Waals surface area contributed by atoms with E-state index in [2.05, 4.69) is 0 Å². The molecule has 0 bridgehead atoms. The summed E-state index contributed by atoms with van der Waals surface area (Å²) in [6.45, 7) is 0. The minimum atomic E-state index is -0.695. The minimum absolute atomic E-state index is 0.0158. The van der Waals surface area contributed by atoms with Crippen molar-refractivity contribution in [2.75, 3.05) is 5.73 Å². The van der Waals surface area contributed by atoms with Crippen LogP contribution in [0.3, 0.4) is 0 Å². The highest BCUT2D eigenvalue weighted by molar-refractivity contribution is 5.92. The fraction of sp³-hybridized carbons (Fsp3) is 0. The molecule has 0 atom stereocenters. The van der Waals surface area contributed by atoms with Gasteiger partial charge in [-0.25, -0.2) is 4.39 Å². The number of nitrogen functional groups attached to an aromatic ring is 1. The number of hydrogen-bond acceptors (Lipinski definition) is 3. The minimum Gasteiger partial charge on any atom is -0.452 e. The summed E-state index contributed by atoms with van der Waals surface area (Å²) in [6.07, 6.45) is 0. The van der Waals surface area contributed by atoms with Crippen molar-refractivity contribution in [2.45, 2.75) is 0 Å². The van der Waals surface area contributed by atoms with Crippen LogP contribution in [0.25, 0.3) is 0 Å². The van der Waals surface area contributed by atoms with Crippen molar-refractivity contribution in [3.8, 4) is 11.5 Å². The Labute approximate surface area is 103 Å². The van der Waals surface area contributed by atoms with E-state index in [0.29, 0.717) is 11.4 Å². The molecule has 5 heteroatoms. The Kier molecular flexibility index (Phi) is 3.14. The number of hydrogen-bond donors (Lipinski definition) is 2. The van der Waals surface area contributed by atoms with Gasteiger partial charge >= 0.3 is 0 Å². The molecule has 0 unspecified atom stereocenters. The average molecular weight is 246 g/mol. The quantitative estimate of drug-likeness (QED) is 0.815. The molecule has 0 spiro atoms. The summed E-state index contributed by atoms with van der Waals surface area (Å²) < 4.78 is 19.0. The molecule has 0 saturated carbocycles. The maximum Gasteiger partial charge on any atom is 0.248 e. The number of rotatable bonds is 3. The van der Waals surface area contributed by atoms with Crippen molar-refractivity contribution in [3.63, 3.8) is 0 Å². The van der Waals surface area contributed by atoms with E-state index in [9.17, 15) is 9.18 Å². The van der Waals surface area contributed by atoms with Gasteiger partial charge in [0, 0.05) is 5.56 Å². The van der Waals surface area contributed by atoms with Crippen LogP contribution in [0.15, 0.2) is 42.5 Å². The number of primary amides is 1. The van der Waals surface area contributed by atoms with Crippen LogP contribution in [-0.2, 0) is 0 Å². The summed E-state index contributed by atoms with van der Waals surface area (Å²) >= 11 is 0. The molecule has 4 N–H and O–H groups in total. The van der Waals surface area contributed by atoms with Crippen molar-refractivity contribution < 1.29 is 13.9 Å². The summed E-state index contributed by atoms with van der Waals surface area (Å²) in [5, 5.41) is 0. The normalized spacial score (nSPS) is 10.1. The molecule has 2 aromatic rings. The maximum atomic E-state index is 13.7. The number of halogens is 1. The Bertz CT molecular complexity index is 599. The number of benzene rings is 2. The first-order valence-electron chi connectivity index (χ1n) is 5.19. The number of ether oxygens (including phenoxy) is 1. The lowest BCUT2D eigenvalue weighted by molar-refractivity contribution is 0.1000. The summed E-state index contributed by atoms with van der Waals surface area (Å²) in [5.41, 5.74) is 11.2. The van der Waals surface area contributed by atoms with Crippen molar-refractivity contribution in [1.82, 2.24) is 0 Å². The van der Waals surface area contributed by atoms with Gasteiger partial charge in [0.15, 0.2) is 11.6 Å². The predicted octanol–water partition coefficient (Wildman–Crippen LogP) is 2.30. The van der Waals surface area contributed by atoms with Gasteiger partial charge in [-0.2, -0.15) is 0 Å². The number of para-hydroxylation sites is 2. The van der Waals surface area contributed by atoms with Gasteiger partial charge < -0.3 is 16.2 Å². The Hall–Kier alpha value is -2.56. The van der Waals surface area contributed by atoms with E-state index in [1.807, 2.05) is 0 Å². The number of carbonyl (C=O) groups is 1. The molecule has 0 aliphatic rings. The molecule has 0 saturated heterocycles. The SMILES string of the molecule is NC(=O)c1ccc(Oc2ccccc2N)c(F)c1. The first-order valence-corrected chi connectivity index (χ1v) is 5.19. The van der Waals surface area contributed by atoms with Gasteiger partial charge in [0.25, 0.3) is 0 Å². The molecule has 18 heavy (non-hydrogen) atoms. The van der Waals surface area contributed by atoms with Crippen LogP contribution in [0.1, 0.15) is 10.4 Å². The lowest BCUT2D eigenvalue weighted by Gasteiger charge is -2.09. The zero-order valence-corrected chi connectivity index (χ0v) is 9.39. The number of carbonyl (C=O) groups excluding carboxylic acids is 1. The Morgan fingerprint density at radius 3 is 2.44 bits per heavy atom. The zero-order valence-electron chi connectivity index (χ0n) is 9.39. The first-order chi connectivity index (χ1) is 8.58. The molecule has 0 aromatic heterocycles. The van der Waals surface area contributed by atoms with E-state index in [4.69, 9.17) is 16.2 Å². The topological polar surface area (TPSA) is 78.3 Å². The first kappa shape index (κ1) is 11.9. The highest BCUT2D eigenvalue weighted by Gasteiger charge is 2.09. The van der Waals surface area contributed by atoms with Crippen molar-refractivity contribution in [3.05, 3.63) is 53.8 Å². The van der Waals surface area contributed by atoms with E-state index >= 15 is 0 Å². The second kappa shape index (κ2) is 4.75. The van der Waals surface area contributed by atoms with Gasteiger partial charge in [-0.05, 0) is 30.3 Å². The van der Waals surface area contributed by atoms with Crippen LogP contribution in [-0.4, -0.2) is 5.91 Å². The van der Waals surface area contributed by atoms with Crippen molar-refractivity contribution in [2.24, 2.45) is 5.73 Å². The Morgan fingerprint density at radius 2 is 1.83 bits per heavy atom. The fourth-order valence-corrected chi connectivity index (χ4v) is 1.43. The molecule has 1 amide bonds. The highest BCUT2D eigenvalue weighted by Crippen LogP contribution is 2.29. The van der Waals surface area contributed by atoms with Crippen LogP contribution in [0.2, 0.25) is 0 Å². The molecule has 0 heterocycles. The molecule has 4 nitrogen and oxygen atoms in total. The van der Waals surface area contributed by atoms with E-state index < -0.39 is 11.7 Å². The molecule has 92 valence electrons. The van der Waals surface area contributed by atoms with E-state index in [1.54, 1.807) is 24.3 Å². The third-order valence-electron chi connectivity index (χ3n) is 2.36. The Morgan fingerprint density at radius 1 is 1.11 bits per heavy atom. The van der Waals surface area contributed by atoms with Crippen LogP contribution in [0.4, 0.5) is 10.1 Å². The molecule has 0 radical (unpaired) electrons. The lowest BCUT2D eigenvalue weighted by Crippen LogP contribution is -2.11. The molecule has 0 aliphatic heterocycles. The van der Waals surface area contributed by atoms with E-state index in [0.717, 1.165) is 6.07 Å². The standard InChI is InChI=1S/C13H11FN2O2/c14-9-7-8(13(16)17)5-6-11(9)18-12-4-2-1-3-10(12)15/h1-7H,15H2,(H2,16,17). The monoisotopic (exact) mass is 246 g/mol. The molecular weight excluding hydrogens is 235 g/mol. The Balaban J connectivity index is 2.30. The van der Waals surface area contributed by atoms with Gasteiger partial charge in [-0.15, -0.1) is 0 Å².